The first-order valence-corrected chi connectivity index (χ1v) is 6.03. The van der Waals surface area contributed by atoms with Crippen molar-refractivity contribution in [1.82, 2.24) is 4.90 Å². The maximum absolute atomic E-state index is 12.5. The molecular formula is C13H16F3NO4. The van der Waals surface area contributed by atoms with Gasteiger partial charge in [0.25, 0.3) is 0 Å². The van der Waals surface area contributed by atoms with E-state index in [1.165, 1.54) is 7.05 Å². The molecule has 0 aliphatic heterocycles. The molecule has 0 fully saturated rings. The van der Waals surface area contributed by atoms with Gasteiger partial charge in [-0.2, -0.15) is 13.2 Å². The summed E-state index contributed by atoms with van der Waals surface area (Å²) < 4.78 is 47.0. The quantitative estimate of drug-likeness (QED) is 0.803. The van der Waals surface area contributed by atoms with Crippen LogP contribution in [0.3, 0.4) is 0 Å². The van der Waals surface area contributed by atoms with Gasteiger partial charge < -0.3 is 13.9 Å². The highest BCUT2D eigenvalue weighted by Gasteiger charge is 2.36. The molecule has 1 heterocycles. The number of furan rings is 1. The summed E-state index contributed by atoms with van der Waals surface area (Å²) in [5, 5.41) is 0. The lowest BCUT2D eigenvalue weighted by molar-refractivity contribution is -0.153. The fraction of sp³-hybridized carbons (Fsp3) is 0.538. The van der Waals surface area contributed by atoms with E-state index >= 15 is 0 Å². The molecule has 0 N–H and O–H groups in total. The van der Waals surface area contributed by atoms with Crippen molar-refractivity contribution in [2.24, 2.45) is 0 Å². The number of hydrogen-bond acceptors (Lipinski definition) is 4. The molecule has 0 saturated carbocycles. The van der Waals surface area contributed by atoms with Crippen molar-refractivity contribution in [2.75, 3.05) is 7.05 Å². The third-order valence-corrected chi connectivity index (χ3v) is 2.43. The van der Waals surface area contributed by atoms with Crippen LogP contribution in [-0.2, 0) is 15.7 Å². The Hall–Kier alpha value is -1.99. The Bertz CT molecular complexity index is 516. The van der Waals surface area contributed by atoms with Crippen LogP contribution in [0.15, 0.2) is 16.5 Å². The molecule has 0 aromatic carbocycles. The normalized spacial score (nSPS) is 13.7. The predicted molar refractivity (Wildman–Crippen MR) is 66.5 cm³/mol. The summed E-state index contributed by atoms with van der Waals surface area (Å²) in [5.74, 6) is -1.52. The summed E-state index contributed by atoms with van der Waals surface area (Å²) in [7, 11) is 1.24. The fourth-order valence-corrected chi connectivity index (χ4v) is 1.46. The molecule has 0 radical (unpaired) electrons. The molecule has 1 aromatic heterocycles. The van der Waals surface area contributed by atoms with Crippen LogP contribution in [-0.4, -0.2) is 29.9 Å². The molecule has 5 nitrogen and oxygen atoms in total. The lowest BCUT2D eigenvalue weighted by Crippen LogP contribution is -2.37. The minimum Gasteiger partial charge on any atom is -0.454 e. The third kappa shape index (κ3) is 4.51. The average Bonchev–Trinajstić information content (AvgIpc) is 2.76. The monoisotopic (exact) mass is 307 g/mol. The Balaban J connectivity index is 2.95. The van der Waals surface area contributed by atoms with E-state index < -0.39 is 29.7 Å². The van der Waals surface area contributed by atoms with E-state index in [0.29, 0.717) is 12.4 Å². The third-order valence-electron chi connectivity index (χ3n) is 2.43. The molecule has 1 rings (SSSR count). The molecule has 0 saturated heterocycles. The fourth-order valence-electron chi connectivity index (χ4n) is 1.46. The number of carbonyl (C=O) groups excluding carboxylic acids is 2. The SMILES string of the molecule is CN(C(=O)OC(C)(C)C)C(C=O)c1ccc(C(F)(F)F)o1. The number of aldehydes is 1. The van der Waals surface area contributed by atoms with Crippen molar-refractivity contribution >= 4 is 12.4 Å². The summed E-state index contributed by atoms with van der Waals surface area (Å²) in [6, 6.07) is 0.410. The zero-order valence-electron chi connectivity index (χ0n) is 12.0. The van der Waals surface area contributed by atoms with Crippen LogP contribution < -0.4 is 0 Å². The molecule has 0 spiro atoms. The number of alkyl halides is 3. The molecule has 1 atom stereocenters. The molecule has 1 aromatic rings. The van der Waals surface area contributed by atoms with Gasteiger partial charge in [-0.1, -0.05) is 0 Å². The van der Waals surface area contributed by atoms with Gasteiger partial charge in [-0.25, -0.2) is 4.79 Å². The highest BCUT2D eigenvalue weighted by Crippen LogP contribution is 2.33. The molecule has 8 heteroatoms. The number of amides is 1. The number of ether oxygens (including phenoxy) is 1. The number of carbonyl (C=O) groups is 2. The van der Waals surface area contributed by atoms with Gasteiger partial charge in [0.2, 0.25) is 5.76 Å². The molecule has 21 heavy (non-hydrogen) atoms. The highest BCUT2D eigenvalue weighted by atomic mass is 19.4. The second kappa shape index (κ2) is 5.79. The summed E-state index contributed by atoms with van der Waals surface area (Å²) in [5.41, 5.74) is -0.793. The zero-order chi connectivity index (χ0) is 16.4. The Morgan fingerprint density at radius 1 is 1.33 bits per heavy atom. The van der Waals surface area contributed by atoms with Crippen molar-refractivity contribution < 1.29 is 31.9 Å². The first kappa shape index (κ1) is 17.1. The Kier molecular flexibility index (Phi) is 4.70. The van der Waals surface area contributed by atoms with Crippen molar-refractivity contribution in [3.63, 3.8) is 0 Å². The number of hydrogen-bond donors (Lipinski definition) is 0. The molecule has 0 aliphatic carbocycles. The van der Waals surface area contributed by atoms with Gasteiger partial charge in [0.1, 0.15) is 23.7 Å². The summed E-state index contributed by atoms with van der Waals surface area (Å²) in [4.78, 5) is 23.8. The minimum absolute atomic E-state index is 0.286. The minimum atomic E-state index is -4.66. The van der Waals surface area contributed by atoms with Crippen molar-refractivity contribution in [1.29, 1.82) is 0 Å². The van der Waals surface area contributed by atoms with E-state index in [9.17, 15) is 22.8 Å². The average molecular weight is 307 g/mol. The highest BCUT2D eigenvalue weighted by molar-refractivity contribution is 5.74. The van der Waals surface area contributed by atoms with Crippen LogP contribution in [0.2, 0.25) is 0 Å². The van der Waals surface area contributed by atoms with Gasteiger partial charge >= 0.3 is 12.3 Å². The van der Waals surface area contributed by atoms with Gasteiger partial charge in [-0.05, 0) is 32.9 Å². The Morgan fingerprint density at radius 3 is 2.29 bits per heavy atom. The molecular weight excluding hydrogens is 291 g/mol. The predicted octanol–water partition coefficient (Wildman–Crippen LogP) is 3.41. The van der Waals surface area contributed by atoms with Crippen molar-refractivity contribution in [3.05, 3.63) is 23.7 Å². The van der Waals surface area contributed by atoms with Crippen LogP contribution in [0.4, 0.5) is 18.0 Å². The standard InChI is InChI=1S/C13H16F3NO4/c1-12(2,3)21-11(19)17(4)8(7-18)9-5-6-10(20-9)13(14,15)16/h5-8H,1-4H3. The van der Waals surface area contributed by atoms with Crippen LogP contribution >= 0.6 is 0 Å². The number of rotatable bonds is 3. The van der Waals surface area contributed by atoms with Crippen LogP contribution in [0.25, 0.3) is 0 Å². The molecule has 0 aliphatic rings. The van der Waals surface area contributed by atoms with Gasteiger partial charge in [0, 0.05) is 7.05 Å². The number of halogens is 3. The van der Waals surface area contributed by atoms with E-state index in [-0.39, 0.29) is 5.76 Å². The Morgan fingerprint density at radius 2 is 1.90 bits per heavy atom. The largest absolute Gasteiger partial charge is 0.454 e. The number of likely N-dealkylation sites (N-methyl/N-ethyl adjacent to an activating group) is 1. The molecule has 0 bridgehead atoms. The number of nitrogens with zero attached hydrogens (tertiary/aromatic N) is 1. The smallest absolute Gasteiger partial charge is 0.449 e. The van der Waals surface area contributed by atoms with E-state index in [1.54, 1.807) is 20.8 Å². The molecule has 1 unspecified atom stereocenters. The second-order valence-corrected chi connectivity index (χ2v) is 5.37. The van der Waals surface area contributed by atoms with Gasteiger partial charge in [0.05, 0.1) is 0 Å². The van der Waals surface area contributed by atoms with Crippen LogP contribution in [0, 0.1) is 0 Å². The van der Waals surface area contributed by atoms with E-state index in [0.717, 1.165) is 11.0 Å². The topological polar surface area (TPSA) is 59.8 Å². The van der Waals surface area contributed by atoms with Crippen molar-refractivity contribution in [2.45, 2.75) is 38.6 Å². The van der Waals surface area contributed by atoms with Gasteiger partial charge in [-0.15, -0.1) is 0 Å². The van der Waals surface area contributed by atoms with Gasteiger partial charge in [-0.3, -0.25) is 4.90 Å². The van der Waals surface area contributed by atoms with Crippen LogP contribution in [0.1, 0.15) is 38.3 Å². The second-order valence-electron chi connectivity index (χ2n) is 5.37. The maximum Gasteiger partial charge on any atom is 0.449 e. The Labute approximate surface area is 119 Å². The zero-order valence-corrected chi connectivity index (χ0v) is 12.0. The lowest BCUT2D eigenvalue weighted by atomic mass is 10.2. The van der Waals surface area contributed by atoms with Gasteiger partial charge in [0.15, 0.2) is 0 Å². The first-order valence-electron chi connectivity index (χ1n) is 6.03. The summed E-state index contributed by atoms with van der Waals surface area (Å²) in [6.45, 7) is 4.88. The van der Waals surface area contributed by atoms with E-state index in [2.05, 4.69) is 4.42 Å². The summed E-state index contributed by atoms with van der Waals surface area (Å²) in [6.07, 6.45) is -5.19. The molecule has 1 amide bonds. The van der Waals surface area contributed by atoms with E-state index in [1.807, 2.05) is 0 Å². The maximum atomic E-state index is 12.5. The lowest BCUT2D eigenvalue weighted by Gasteiger charge is -2.27. The summed E-state index contributed by atoms with van der Waals surface area (Å²) >= 11 is 0. The van der Waals surface area contributed by atoms with Crippen LogP contribution in [0.5, 0.6) is 0 Å². The first-order chi connectivity index (χ1) is 9.45. The van der Waals surface area contributed by atoms with E-state index in [4.69, 9.17) is 4.74 Å². The molecule has 118 valence electrons. The van der Waals surface area contributed by atoms with Crippen molar-refractivity contribution in [3.8, 4) is 0 Å².